The van der Waals surface area contributed by atoms with Crippen LogP contribution in [0.25, 0.3) is 10.9 Å². The smallest absolute Gasteiger partial charge is 0.198 e. The molecule has 0 unspecified atom stereocenters. The van der Waals surface area contributed by atoms with Crippen molar-refractivity contribution in [3.63, 3.8) is 0 Å². The zero-order valence-corrected chi connectivity index (χ0v) is 16.7. The molecule has 7 heteroatoms. The molecule has 1 saturated heterocycles. The summed E-state index contributed by atoms with van der Waals surface area (Å²) in [7, 11) is 0. The van der Waals surface area contributed by atoms with E-state index < -0.39 is 30.7 Å². The fourth-order valence-corrected chi connectivity index (χ4v) is 4.55. The Morgan fingerprint density at radius 1 is 1.17 bits per heavy atom. The van der Waals surface area contributed by atoms with Crippen molar-refractivity contribution in [1.82, 2.24) is 4.57 Å². The first-order valence-electron chi connectivity index (χ1n) is 10.1. The van der Waals surface area contributed by atoms with Crippen LogP contribution in [-0.2, 0) is 28.4 Å². The van der Waals surface area contributed by atoms with Crippen LogP contribution in [0.3, 0.4) is 0 Å². The van der Waals surface area contributed by atoms with E-state index in [1.165, 1.54) is 5.56 Å². The summed E-state index contributed by atoms with van der Waals surface area (Å²) in [5.74, 6) is -1.04. The van der Waals surface area contributed by atoms with Gasteiger partial charge in [-0.05, 0) is 30.2 Å². The van der Waals surface area contributed by atoms with Crippen molar-refractivity contribution in [1.29, 1.82) is 0 Å². The molecule has 7 nitrogen and oxygen atoms in total. The summed E-state index contributed by atoms with van der Waals surface area (Å²) in [6.45, 7) is 2.46. The third kappa shape index (κ3) is 3.02. The van der Waals surface area contributed by atoms with Gasteiger partial charge in [0.05, 0.1) is 24.8 Å². The van der Waals surface area contributed by atoms with Gasteiger partial charge in [-0.15, -0.1) is 0 Å². The first-order valence-corrected chi connectivity index (χ1v) is 10.1. The summed E-state index contributed by atoms with van der Waals surface area (Å²) < 4.78 is 13.9. The van der Waals surface area contributed by atoms with Crippen LogP contribution in [0.1, 0.15) is 28.7 Å². The molecule has 2 aliphatic rings. The summed E-state index contributed by atoms with van der Waals surface area (Å²) >= 11 is 0. The van der Waals surface area contributed by atoms with E-state index in [9.17, 15) is 20.4 Å². The van der Waals surface area contributed by atoms with Crippen LogP contribution in [-0.4, -0.2) is 49.9 Å². The van der Waals surface area contributed by atoms with Crippen LogP contribution < -0.4 is 0 Å². The third-order valence-electron chi connectivity index (χ3n) is 6.20. The zero-order valence-electron chi connectivity index (χ0n) is 16.7. The highest BCUT2D eigenvalue weighted by Gasteiger charge is 2.51. The van der Waals surface area contributed by atoms with Gasteiger partial charge >= 0.3 is 0 Å². The minimum absolute atomic E-state index is 0.0633. The fourth-order valence-electron chi connectivity index (χ4n) is 4.55. The van der Waals surface area contributed by atoms with E-state index in [1.807, 2.05) is 23.6 Å². The summed E-state index contributed by atoms with van der Waals surface area (Å²) in [6.07, 6.45) is -1.42. The van der Waals surface area contributed by atoms with Crippen molar-refractivity contribution in [3.05, 3.63) is 64.8 Å². The lowest BCUT2D eigenvalue weighted by atomic mass is 9.89. The number of nitrogens with zero attached hydrogens (tertiary/aromatic N) is 1. The van der Waals surface area contributed by atoms with E-state index in [0.717, 1.165) is 27.6 Å². The number of aliphatic hydroxyl groups excluding tert-OH is 3. The third-order valence-corrected chi connectivity index (χ3v) is 6.20. The van der Waals surface area contributed by atoms with Gasteiger partial charge in [-0.3, -0.25) is 0 Å². The molecule has 2 aromatic carbocycles. The second kappa shape index (κ2) is 7.08. The Hall–Kier alpha value is -2.42. The molecule has 0 radical (unpaired) electrons. The lowest BCUT2D eigenvalue weighted by Gasteiger charge is -2.42. The van der Waals surface area contributed by atoms with E-state index in [0.29, 0.717) is 6.54 Å². The predicted molar refractivity (Wildman–Crippen MR) is 109 cm³/mol. The fraction of sp³-hybridized carbons (Fsp3) is 0.391. The van der Waals surface area contributed by atoms with Crippen molar-refractivity contribution < 1.29 is 29.9 Å². The number of aromatic hydroxyl groups is 1. The van der Waals surface area contributed by atoms with Crippen LogP contribution in [0.4, 0.5) is 0 Å². The Bertz CT molecular complexity index is 1090. The van der Waals surface area contributed by atoms with Crippen LogP contribution in [0.15, 0.2) is 42.6 Å². The minimum atomic E-state index is -1.23. The predicted octanol–water partition coefficient (Wildman–Crippen LogP) is 1.89. The maximum atomic E-state index is 10.5. The number of ether oxygens (including phenoxy) is 2. The van der Waals surface area contributed by atoms with Gasteiger partial charge in [-0.2, -0.15) is 0 Å². The second-order valence-corrected chi connectivity index (χ2v) is 8.30. The molecule has 1 spiro atoms. The molecular weight excluding hydrogens is 386 g/mol. The highest BCUT2D eigenvalue weighted by molar-refractivity contribution is 5.88. The van der Waals surface area contributed by atoms with Gasteiger partial charge in [0.1, 0.15) is 18.0 Å². The minimum Gasteiger partial charge on any atom is -0.506 e. The largest absolute Gasteiger partial charge is 0.506 e. The highest BCUT2D eigenvalue weighted by atomic mass is 16.7. The molecule has 0 aliphatic carbocycles. The second-order valence-electron chi connectivity index (χ2n) is 8.30. The number of benzene rings is 2. The molecule has 30 heavy (non-hydrogen) atoms. The Kier molecular flexibility index (Phi) is 4.61. The van der Waals surface area contributed by atoms with Crippen LogP contribution >= 0.6 is 0 Å². The van der Waals surface area contributed by atoms with Crippen LogP contribution in [0.5, 0.6) is 5.75 Å². The van der Waals surface area contributed by atoms with Gasteiger partial charge in [0.15, 0.2) is 5.79 Å². The topological polar surface area (TPSA) is 104 Å². The zero-order chi connectivity index (χ0) is 21.0. The highest BCUT2D eigenvalue weighted by Crippen LogP contribution is 2.47. The molecule has 4 atom stereocenters. The summed E-state index contributed by atoms with van der Waals surface area (Å²) in [4.78, 5) is 0. The van der Waals surface area contributed by atoms with Crippen LogP contribution in [0.2, 0.25) is 0 Å². The van der Waals surface area contributed by atoms with Crippen molar-refractivity contribution in [2.75, 3.05) is 6.61 Å². The molecule has 1 aromatic heterocycles. The molecule has 1 fully saturated rings. The Labute approximate surface area is 173 Å². The van der Waals surface area contributed by atoms with Gasteiger partial charge < -0.3 is 34.5 Å². The Morgan fingerprint density at radius 2 is 1.93 bits per heavy atom. The number of fused-ring (bicyclic) bond motifs is 3. The SMILES string of the molecule is Cc1ccc(Cn2cc(O)c3cc4c(cc32)[C@@]2(C[C@H](O)[C@H](O)[C@@H](CO)O2)OC4)cc1. The van der Waals surface area contributed by atoms with Gasteiger partial charge in [0.25, 0.3) is 0 Å². The molecule has 158 valence electrons. The van der Waals surface area contributed by atoms with Crippen molar-refractivity contribution in [2.45, 2.75) is 50.6 Å². The monoisotopic (exact) mass is 411 g/mol. The number of aryl methyl sites for hydroxylation is 1. The van der Waals surface area contributed by atoms with E-state index in [1.54, 1.807) is 6.20 Å². The van der Waals surface area contributed by atoms with Crippen molar-refractivity contribution in [3.8, 4) is 5.75 Å². The maximum absolute atomic E-state index is 10.5. The van der Waals surface area contributed by atoms with E-state index in [-0.39, 0.29) is 18.8 Å². The van der Waals surface area contributed by atoms with Gasteiger partial charge in [-0.25, -0.2) is 0 Å². The van der Waals surface area contributed by atoms with Gasteiger partial charge in [-0.1, -0.05) is 29.8 Å². The molecule has 3 aromatic rings. The Balaban J connectivity index is 1.58. The number of hydrogen-bond acceptors (Lipinski definition) is 6. The van der Waals surface area contributed by atoms with E-state index in [2.05, 4.69) is 24.3 Å². The number of aromatic nitrogens is 1. The van der Waals surface area contributed by atoms with Crippen molar-refractivity contribution >= 4 is 10.9 Å². The lowest BCUT2D eigenvalue weighted by molar-refractivity contribution is -0.326. The molecule has 0 bridgehead atoms. The van der Waals surface area contributed by atoms with Crippen molar-refractivity contribution in [2.24, 2.45) is 0 Å². The number of rotatable bonds is 3. The first kappa shape index (κ1) is 19.5. The molecule has 5 rings (SSSR count). The van der Waals surface area contributed by atoms with E-state index >= 15 is 0 Å². The molecule has 2 aliphatic heterocycles. The molecule has 0 amide bonds. The molecule has 3 heterocycles. The lowest BCUT2D eigenvalue weighted by Crippen LogP contribution is -2.54. The molecule has 0 saturated carbocycles. The molecular formula is C23H25NO6. The normalized spacial score (nSPS) is 28.3. The van der Waals surface area contributed by atoms with E-state index in [4.69, 9.17) is 9.47 Å². The van der Waals surface area contributed by atoms with Crippen LogP contribution in [0, 0.1) is 6.92 Å². The summed E-state index contributed by atoms with van der Waals surface area (Å²) in [6, 6.07) is 12.0. The first-order chi connectivity index (χ1) is 14.4. The molecule has 4 N–H and O–H groups in total. The van der Waals surface area contributed by atoms with Gasteiger partial charge in [0, 0.05) is 30.1 Å². The average Bonchev–Trinajstić information content (AvgIpc) is 3.23. The quantitative estimate of drug-likeness (QED) is 0.525. The summed E-state index contributed by atoms with van der Waals surface area (Å²) in [5, 5.41) is 41.3. The average molecular weight is 411 g/mol. The summed E-state index contributed by atoms with van der Waals surface area (Å²) in [5.41, 5.74) is 4.72. The maximum Gasteiger partial charge on any atom is 0.198 e. The van der Waals surface area contributed by atoms with Gasteiger partial charge in [0.2, 0.25) is 0 Å². The Morgan fingerprint density at radius 3 is 2.67 bits per heavy atom. The number of hydrogen-bond donors (Lipinski definition) is 4. The standard InChI is InChI=1S/C23H25NO6/c1-13-2-4-14(5-3-13)9-24-10-20(27)16-6-15-12-29-23(17(15)7-18(16)24)8-19(26)22(28)21(11-25)30-23/h2-7,10,19,21-22,25-28H,8-9,11-12H2,1H3/t19-,21+,22-,23-/m0/s1. The number of aliphatic hydroxyl groups is 3.